The van der Waals surface area contributed by atoms with Gasteiger partial charge in [-0.3, -0.25) is 0 Å². The van der Waals surface area contributed by atoms with Crippen molar-refractivity contribution in [2.24, 2.45) is 0 Å². The summed E-state index contributed by atoms with van der Waals surface area (Å²) < 4.78 is 6.87. The van der Waals surface area contributed by atoms with Crippen molar-refractivity contribution in [2.75, 3.05) is 0 Å². The second kappa shape index (κ2) is 9.19. The third-order valence-electron chi connectivity index (χ3n) is 10.4. The van der Waals surface area contributed by atoms with E-state index < -0.39 is 0 Å². The summed E-state index contributed by atoms with van der Waals surface area (Å²) in [6, 6.07) is 53.4. The number of fused-ring (bicyclic) bond motifs is 8. The summed E-state index contributed by atoms with van der Waals surface area (Å²) in [7, 11) is 0. The molecule has 1 heteroatoms. The number of benzene rings is 8. The summed E-state index contributed by atoms with van der Waals surface area (Å²) in [6.07, 6.45) is 0. The van der Waals surface area contributed by atoms with Gasteiger partial charge in [0, 0.05) is 21.9 Å². The molecule has 0 radical (unpaired) electrons. The van der Waals surface area contributed by atoms with Crippen LogP contribution < -0.4 is 4.74 Å². The summed E-state index contributed by atoms with van der Waals surface area (Å²) >= 11 is 0. The first kappa shape index (κ1) is 25.6. The average molecular weight is 587 g/mol. The first-order valence-corrected chi connectivity index (χ1v) is 16.1. The van der Waals surface area contributed by atoms with Gasteiger partial charge in [0.2, 0.25) is 0 Å². The fourth-order valence-corrected chi connectivity index (χ4v) is 8.08. The van der Waals surface area contributed by atoms with Gasteiger partial charge in [-0.05, 0) is 95.7 Å². The molecule has 0 N–H and O–H groups in total. The molecule has 8 aromatic carbocycles. The Balaban J connectivity index is 1.09. The van der Waals surface area contributed by atoms with Crippen molar-refractivity contribution < 1.29 is 4.74 Å². The molecule has 1 aliphatic carbocycles. The highest BCUT2D eigenvalue weighted by Gasteiger charge is 2.36. The second-order valence-electron chi connectivity index (χ2n) is 13.3. The molecular formula is C45H30O. The molecule has 0 fully saturated rings. The van der Waals surface area contributed by atoms with Gasteiger partial charge in [0.05, 0.1) is 0 Å². The SMILES string of the molecule is CC1(C)c2cc(-c3ccc4ccccc4c3)ccc2-c2ccc(-c3cccc4c3Oc3cc5ccccc5c5cccc-4c35)cc21. The second-order valence-corrected chi connectivity index (χ2v) is 13.3. The van der Waals surface area contributed by atoms with Crippen LogP contribution in [0.2, 0.25) is 0 Å². The number of hydrogen-bond donors (Lipinski definition) is 0. The Morgan fingerprint density at radius 3 is 1.87 bits per heavy atom. The Hall–Kier alpha value is -5.66. The summed E-state index contributed by atoms with van der Waals surface area (Å²) in [4.78, 5) is 0. The molecule has 0 saturated heterocycles. The van der Waals surface area contributed by atoms with Crippen molar-refractivity contribution in [3.8, 4) is 56.0 Å². The predicted octanol–water partition coefficient (Wildman–Crippen LogP) is 12.6. The van der Waals surface area contributed by atoms with E-state index in [1.165, 1.54) is 76.8 Å². The van der Waals surface area contributed by atoms with Gasteiger partial charge < -0.3 is 4.74 Å². The topological polar surface area (TPSA) is 9.23 Å². The molecule has 0 saturated carbocycles. The van der Waals surface area contributed by atoms with Crippen LogP contribution in [0.5, 0.6) is 11.5 Å². The van der Waals surface area contributed by atoms with Gasteiger partial charge in [-0.1, -0.05) is 135 Å². The zero-order chi connectivity index (χ0) is 30.6. The van der Waals surface area contributed by atoms with Crippen molar-refractivity contribution in [2.45, 2.75) is 19.3 Å². The van der Waals surface area contributed by atoms with Gasteiger partial charge >= 0.3 is 0 Å². The van der Waals surface area contributed by atoms with Gasteiger partial charge in [0.1, 0.15) is 11.5 Å². The van der Waals surface area contributed by atoms with E-state index in [9.17, 15) is 0 Å². The Labute approximate surface area is 268 Å². The standard InChI is InChI=1S/C45H30O/c1-45(2)40-24-30(29-18-17-27-9-3-4-10-28(27)23-29)19-21-35(40)36-22-20-32(25-41(36)45)34-13-7-16-39-38-15-8-14-37-33-12-6-5-11-31(33)26-42(43(37)38)46-44(34)39/h3-26H,1-2H3. The zero-order valence-electron chi connectivity index (χ0n) is 25.8. The van der Waals surface area contributed by atoms with Gasteiger partial charge in [-0.2, -0.15) is 0 Å². The van der Waals surface area contributed by atoms with Crippen LogP contribution in [0.15, 0.2) is 146 Å². The van der Waals surface area contributed by atoms with E-state index >= 15 is 0 Å². The lowest BCUT2D eigenvalue weighted by molar-refractivity contribution is 0.489. The van der Waals surface area contributed by atoms with Gasteiger partial charge in [0.25, 0.3) is 0 Å². The van der Waals surface area contributed by atoms with E-state index in [1.54, 1.807) is 0 Å². The monoisotopic (exact) mass is 586 g/mol. The van der Waals surface area contributed by atoms with Gasteiger partial charge in [-0.25, -0.2) is 0 Å². The van der Waals surface area contributed by atoms with E-state index in [0.29, 0.717) is 0 Å². The van der Waals surface area contributed by atoms with Crippen LogP contribution in [-0.2, 0) is 5.41 Å². The molecule has 0 aromatic heterocycles. The zero-order valence-corrected chi connectivity index (χ0v) is 25.8. The van der Waals surface area contributed by atoms with Crippen LogP contribution in [-0.4, -0.2) is 0 Å². The molecule has 1 nitrogen and oxygen atoms in total. The Kier molecular flexibility index (Phi) is 5.12. The normalized spacial score (nSPS) is 13.8. The van der Waals surface area contributed by atoms with Crippen molar-refractivity contribution in [1.82, 2.24) is 0 Å². The van der Waals surface area contributed by atoms with Gasteiger partial charge in [-0.15, -0.1) is 0 Å². The van der Waals surface area contributed by atoms with E-state index in [2.05, 4.69) is 159 Å². The van der Waals surface area contributed by atoms with Crippen molar-refractivity contribution >= 4 is 32.3 Å². The number of hydrogen-bond acceptors (Lipinski definition) is 1. The molecule has 1 aliphatic heterocycles. The average Bonchev–Trinajstić information content (AvgIpc) is 3.33. The number of ether oxygens (including phenoxy) is 1. The van der Waals surface area contributed by atoms with Crippen LogP contribution in [0.3, 0.4) is 0 Å². The van der Waals surface area contributed by atoms with Crippen LogP contribution in [0, 0.1) is 0 Å². The molecule has 0 spiro atoms. The molecule has 46 heavy (non-hydrogen) atoms. The third-order valence-corrected chi connectivity index (χ3v) is 10.4. The number of rotatable bonds is 2. The number of para-hydroxylation sites is 1. The summed E-state index contributed by atoms with van der Waals surface area (Å²) in [5.41, 5.74) is 12.5. The molecule has 2 aliphatic rings. The predicted molar refractivity (Wildman–Crippen MR) is 193 cm³/mol. The summed E-state index contributed by atoms with van der Waals surface area (Å²) in [5.74, 6) is 1.86. The first-order chi connectivity index (χ1) is 22.5. The third kappa shape index (κ3) is 3.51. The molecule has 1 heterocycles. The summed E-state index contributed by atoms with van der Waals surface area (Å²) in [6.45, 7) is 4.73. The van der Waals surface area contributed by atoms with E-state index in [4.69, 9.17) is 4.74 Å². The summed E-state index contributed by atoms with van der Waals surface area (Å²) in [5, 5.41) is 7.43. The van der Waals surface area contributed by atoms with Crippen LogP contribution in [0.25, 0.3) is 76.8 Å². The largest absolute Gasteiger partial charge is 0.455 e. The molecular weight excluding hydrogens is 556 g/mol. The Bertz CT molecular complexity index is 2590. The highest BCUT2D eigenvalue weighted by atomic mass is 16.5. The molecule has 0 bridgehead atoms. The van der Waals surface area contributed by atoms with E-state index in [-0.39, 0.29) is 5.41 Å². The van der Waals surface area contributed by atoms with E-state index in [0.717, 1.165) is 22.6 Å². The minimum Gasteiger partial charge on any atom is -0.455 e. The lowest BCUT2D eigenvalue weighted by Gasteiger charge is -2.25. The lowest BCUT2D eigenvalue weighted by Crippen LogP contribution is -2.15. The van der Waals surface area contributed by atoms with Crippen molar-refractivity contribution in [3.05, 3.63) is 157 Å². The molecule has 10 rings (SSSR count). The fourth-order valence-electron chi connectivity index (χ4n) is 8.08. The molecule has 0 amide bonds. The molecule has 216 valence electrons. The van der Waals surface area contributed by atoms with Crippen molar-refractivity contribution in [3.63, 3.8) is 0 Å². The van der Waals surface area contributed by atoms with Gasteiger partial charge in [0.15, 0.2) is 0 Å². The van der Waals surface area contributed by atoms with Crippen molar-refractivity contribution in [1.29, 1.82) is 0 Å². The molecule has 8 aromatic rings. The molecule has 0 unspecified atom stereocenters. The molecule has 0 atom stereocenters. The maximum atomic E-state index is 6.87. The highest BCUT2D eigenvalue weighted by Crippen LogP contribution is 2.54. The smallest absolute Gasteiger partial charge is 0.143 e. The van der Waals surface area contributed by atoms with E-state index in [1.807, 2.05) is 0 Å². The minimum atomic E-state index is -0.139. The Morgan fingerprint density at radius 1 is 0.413 bits per heavy atom. The maximum Gasteiger partial charge on any atom is 0.143 e. The lowest BCUT2D eigenvalue weighted by atomic mass is 9.80. The maximum absolute atomic E-state index is 6.87. The minimum absolute atomic E-state index is 0.139. The van der Waals surface area contributed by atoms with Crippen LogP contribution in [0.1, 0.15) is 25.0 Å². The van der Waals surface area contributed by atoms with Crippen LogP contribution in [0.4, 0.5) is 0 Å². The van der Waals surface area contributed by atoms with Crippen LogP contribution >= 0.6 is 0 Å². The fraction of sp³-hybridized carbons (Fsp3) is 0.0667. The quantitative estimate of drug-likeness (QED) is 0.183. The first-order valence-electron chi connectivity index (χ1n) is 16.1. The Morgan fingerprint density at radius 2 is 1.02 bits per heavy atom. The highest BCUT2D eigenvalue weighted by molar-refractivity contribution is 6.16.